The van der Waals surface area contributed by atoms with Gasteiger partial charge in [0.1, 0.15) is 0 Å². The monoisotopic (exact) mass is 272 g/mol. The third-order valence-electron chi connectivity index (χ3n) is 4.21. The molecule has 1 aromatic carbocycles. The summed E-state index contributed by atoms with van der Waals surface area (Å²) in [6.07, 6.45) is 5.61. The lowest BCUT2D eigenvalue weighted by Crippen LogP contribution is -2.40. The first-order chi connectivity index (χ1) is 9.74. The average Bonchev–Trinajstić information content (AvgIpc) is 2.84. The summed E-state index contributed by atoms with van der Waals surface area (Å²) in [7, 11) is 0. The summed E-state index contributed by atoms with van der Waals surface area (Å²) in [6.45, 7) is 1.83. The maximum absolute atomic E-state index is 11.0. The number of rotatable bonds is 4. The number of aromatic amines is 1. The zero-order valence-electron chi connectivity index (χ0n) is 11.5. The van der Waals surface area contributed by atoms with Crippen molar-refractivity contribution in [2.24, 2.45) is 0 Å². The number of nitrogens with one attached hydrogen (secondary N) is 1. The van der Waals surface area contributed by atoms with Crippen LogP contribution in [0, 0.1) is 0 Å². The molecule has 1 aliphatic heterocycles. The van der Waals surface area contributed by atoms with Crippen LogP contribution in [-0.2, 0) is 11.3 Å². The standard InChI is InChI=1S/C16H20N2O2/c19-16(20)9-13-5-3-4-8-18(13)11-12-10-17-15-7-2-1-6-14(12)15/h1-2,6-7,10,13,17H,3-5,8-9,11H2,(H,19,20). The number of piperidine rings is 1. The lowest BCUT2D eigenvalue weighted by atomic mass is 9.98. The number of likely N-dealkylation sites (tertiary alicyclic amines) is 1. The first kappa shape index (κ1) is 13.2. The van der Waals surface area contributed by atoms with E-state index in [1.54, 1.807) is 0 Å². The van der Waals surface area contributed by atoms with Gasteiger partial charge in [-0.05, 0) is 31.0 Å². The molecule has 3 rings (SSSR count). The second-order valence-electron chi connectivity index (χ2n) is 5.58. The van der Waals surface area contributed by atoms with Crippen LogP contribution in [0.1, 0.15) is 31.2 Å². The van der Waals surface area contributed by atoms with Crippen molar-refractivity contribution in [1.82, 2.24) is 9.88 Å². The van der Waals surface area contributed by atoms with Crippen molar-refractivity contribution >= 4 is 16.9 Å². The predicted molar refractivity (Wildman–Crippen MR) is 78.6 cm³/mol. The van der Waals surface area contributed by atoms with Crippen molar-refractivity contribution in [3.05, 3.63) is 36.0 Å². The fraction of sp³-hybridized carbons (Fsp3) is 0.438. The molecule has 0 aliphatic carbocycles. The molecule has 1 aromatic heterocycles. The van der Waals surface area contributed by atoms with Gasteiger partial charge in [0.25, 0.3) is 0 Å². The Hall–Kier alpha value is -1.81. The number of H-pyrrole nitrogens is 1. The van der Waals surface area contributed by atoms with E-state index in [1.807, 2.05) is 12.1 Å². The van der Waals surface area contributed by atoms with Gasteiger partial charge in [-0.3, -0.25) is 9.69 Å². The highest BCUT2D eigenvalue weighted by molar-refractivity contribution is 5.83. The molecule has 1 fully saturated rings. The summed E-state index contributed by atoms with van der Waals surface area (Å²) in [6, 6.07) is 8.44. The highest BCUT2D eigenvalue weighted by Gasteiger charge is 2.25. The van der Waals surface area contributed by atoms with E-state index in [0.717, 1.165) is 31.4 Å². The van der Waals surface area contributed by atoms with Gasteiger partial charge in [0, 0.05) is 29.7 Å². The fourth-order valence-electron chi connectivity index (χ4n) is 3.18. The van der Waals surface area contributed by atoms with Crippen LogP contribution in [0.3, 0.4) is 0 Å². The van der Waals surface area contributed by atoms with Crippen molar-refractivity contribution in [2.45, 2.75) is 38.3 Å². The quantitative estimate of drug-likeness (QED) is 0.899. The third kappa shape index (κ3) is 2.70. The van der Waals surface area contributed by atoms with Crippen molar-refractivity contribution in [3.63, 3.8) is 0 Å². The number of nitrogens with zero attached hydrogens (tertiary/aromatic N) is 1. The fourth-order valence-corrected chi connectivity index (χ4v) is 3.18. The Labute approximate surface area is 118 Å². The lowest BCUT2D eigenvalue weighted by molar-refractivity contribution is -0.138. The van der Waals surface area contributed by atoms with Crippen molar-refractivity contribution < 1.29 is 9.90 Å². The van der Waals surface area contributed by atoms with Crippen LogP contribution >= 0.6 is 0 Å². The van der Waals surface area contributed by atoms with Gasteiger partial charge in [-0.2, -0.15) is 0 Å². The molecule has 1 aliphatic rings. The SMILES string of the molecule is O=C(O)CC1CCCCN1Cc1c[nH]c2ccccc12. The molecule has 4 nitrogen and oxygen atoms in total. The Kier molecular flexibility index (Phi) is 3.74. The minimum Gasteiger partial charge on any atom is -0.481 e. The van der Waals surface area contributed by atoms with Gasteiger partial charge in [0.15, 0.2) is 0 Å². The zero-order valence-corrected chi connectivity index (χ0v) is 11.5. The Bertz CT molecular complexity index is 605. The zero-order chi connectivity index (χ0) is 13.9. The van der Waals surface area contributed by atoms with Gasteiger partial charge in [0.2, 0.25) is 0 Å². The molecule has 1 unspecified atom stereocenters. The molecule has 0 bridgehead atoms. The summed E-state index contributed by atoms with van der Waals surface area (Å²) in [4.78, 5) is 16.6. The van der Waals surface area contributed by atoms with Crippen molar-refractivity contribution in [2.75, 3.05) is 6.54 Å². The number of hydrogen-bond acceptors (Lipinski definition) is 2. The Morgan fingerprint density at radius 2 is 2.20 bits per heavy atom. The molecule has 0 amide bonds. The number of hydrogen-bond donors (Lipinski definition) is 2. The van der Waals surface area contributed by atoms with E-state index < -0.39 is 5.97 Å². The number of carboxylic acids is 1. The summed E-state index contributed by atoms with van der Waals surface area (Å²) in [5.74, 6) is -0.694. The van der Waals surface area contributed by atoms with Crippen LogP contribution in [0.15, 0.2) is 30.5 Å². The second-order valence-corrected chi connectivity index (χ2v) is 5.58. The van der Waals surface area contributed by atoms with Gasteiger partial charge in [-0.25, -0.2) is 0 Å². The third-order valence-corrected chi connectivity index (χ3v) is 4.21. The lowest BCUT2D eigenvalue weighted by Gasteiger charge is -2.34. The molecule has 2 aromatic rings. The summed E-state index contributed by atoms with van der Waals surface area (Å²) in [5.41, 5.74) is 2.41. The van der Waals surface area contributed by atoms with E-state index in [2.05, 4.69) is 28.2 Å². The molecule has 0 saturated carbocycles. The second kappa shape index (κ2) is 5.67. The first-order valence-corrected chi connectivity index (χ1v) is 7.25. The highest BCUT2D eigenvalue weighted by Crippen LogP contribution is 2.25. The van der Waals surface area contributed by atoms with Gasteiger partial charge in [0.05, 0.1) is 6.42 Å². The summed E-state index contributed by atoms with van der Waals surface area (Å²) in [5, 5.41) is 10.3. The van der Waals surface area contributed by atoms with Crippen molar-refractivity contribution in [3.8, 4) is 0 Å². The van der Waals surface area contributed by atoms with Gasteiger partial charge in [-0.1, -0.05) is 24.6 Å². The summed E-state index contributed by atoms with van der Waals surface area (Å²) < 4.78 is 0. The number of aromatic nitrogens is 1. The van der Waals surface area contributed by atoms with E-state index in [4.69, 9.17) is 5.11 Å². The maximum Gasteiger partial charge on any atom is 0.304 e. The topological polar surface area (TPSA) is 56.3 Å². The largest absolute Gasteiger partial charge is 0.481 e. The van der Waals surface area contributed by atoms with Crippen molar-refractivity contribution in [1.29, 1.82) is 0 Å². The van der Waals surface area contributed by atoms with E-state index in [0.29, 0.717) is 0 Å². The molecule has 2 heterocycles. The number of benzene rings is 1. The van der Waals surface area contributed by atoms with Crippen LogP contribution < -0.4 is 0 Å². The van der Waals surface area contributed by atoms with Crippen LogP contribution in [0.25, 0.3) is 10.9 Å². The molecule has 106 valence electrons. The molecule has 0 radical (unpaired) electrons. The Morgan fingerprint density at radius 3 is 3.05 bits per heavy atom. The molecular weight excluding hydrogens is 252 g/mol. The van der Waals surface area contributed by atoms with E-state index in [-0.39, 0.29) is 12.5 Å². The number of para-hydroxylation sites is 1. The number of carbonyl (C=O) groups is 1. The predicted octanol–water partition coefficient (Wildman–Crippen LogP) is 3.00. The molecule has 1 atom stereocenters. The number of carboxylic acid groups (broad SMARTS) is 1. The van der Waals surface area contributed by atoms with Gasteiger partial charge in [-0.15, -0.1) is 0 Å². The highest BCUT2D eigenvalue weighted by atomic mass is 16.4. The molecule has 2 N–H and O–H groups in total. The first-order valence-electron chi connectivity index (χ1n) is 7.25. The minimum absolute atomic E-state index is 0.176. The number of fused-ring (bicyclic) bond motifs is 1. The average molecular weight is 272 g/mol. The van der Waals surface area contributed by atoms with Crippen LogP contribution in [-0.4, -0.2) is 33.5 Å². The molecule has 4 heteroatoms. The summed E-state index contributed by atoms with van der Waals surface area (Å²) >= 11 is 0. The normalized spacial score (nSPS) is 20.3. The van der Waals surface area contributed by atoms with E-state index in [9.17, 15) is 4.79 Å². The molecule has 20 heavy (non-hydrogen) atoms. The van der Waals surface area contributed by atoms with Crippen LogP contribution in [0.2, 0.25) is 0 Å². The minimum atomic E-state index is -0.694. The Morgan fingerprint density at radius 1 is 1.35 bits per heavy atom. The molecule has 0 spiro atoms. The smallest absolute Gasteiger partial charge is 0.304 e. The number of aliphatic carboxylic acids is 1. The Balaban J connectivity index is 1.79. The molecule has 1 saturated heterocycles. The van der Waals surface area contributed by atoms with Gasteiger partial charge >= 0.3 is 5.97 Å². The van der Waals surface area contributed by atoms with Gasteiger partial charge < -0.3 is 10.1 Å². The molecular formula is C16H20N2O2. The van der Waals surface area contributed by atoms with E-state index >= 15 is 0 Å². The van der Waals surface area contributed by atoms with Crippen LogP contribution in [0.4, 0.5) is 0 Å². The van der Waals surface area contributed by atoms with Crippen LogP contribution in [0.5, 0.6) is 0 Å². The maximum atomic E-state index is 11.0. The van der Waals surface area contributed by atoms with E-state index in [1.165, 1.54) is 17.4 Å².